The Bertz CT molecular complexity index is 425. The van der Waals surface area contributed by atoms with Crippen LogP contribution in [0.25, 0.3) is 0 Å². The quantitative estimate of drug-likeness (QED) is 0.866. The van der Waals surface area contributed by atoms with E-state index in [2.05, 4.69) is 14.9 Å². The largest absolute Gasteiger partial charge is 0.477 e. The molecule has 5 heteroatoms. The Morgan fingerprint density at radius 2 is 2.28 bits per heavy atom. The van der Waals surface area contributed by atoms with Gasteiger partial charge in [-0.15, -0.1) is 0 Å². The Labute approximate surface area is 107 Å². The fourth-order valence-electron chi connectivity index (χ4n) is 3.20. The molecule has 1 saturated carbocycles. The molecule has 2 aliphatic rings. The van der Waals surface area contributed by atoms with Gasteiger partial charge in [0, 0.05) is 19.1 Å². The molecule has 0 radical (unpaired) electrons. The Kier molecular flexibility index (Phi) is 3.07. The molecule has 1 aromatic heterocycles. The molecule has 2 fully saturated rings. The SMILES string of the molecule is CCOc1cncc(N2CC3CCC(N)C3C2)n1. The fraction of sp³-hybridized carbons (Fsp3) is 0.692. The van der Waals surface area contributed by atoms with Crippen LogP contribution in [-0.4, -0.2) is 35.7 Å². The maximum atomic E-state index is 6.15. The van der Waals surface area contributed by atoms with E-state index in [0.717, 1.165) is 24.8 Å². The lowest BCUT2D eigenvalue weighted by Crippen LogP contribution is -2.30. The van der Waals surface area contributed by atoms with Crippen LogP contribution in [0.1, 0.15) is 19.8 Å². The van der Waals surface area contributed by atoms with Crippen molar-refractivity contribution in [2.75, 3.05) is 24.6 Å². The molecule has 0 aromatic carbocycles. The molecule has 3 rings (SSSR count). The van der Waals surface area contributed by atoms with Crippen molar-refractivity contribution >= 4 is 5.82 Å². The summed E-state index contributed by atoms with van der Waals surface area (Å²) in [6.07, 6.45) is 5.90. The van der Waals surface area contributed by atoms with Gasteiger partial charge in [-0.2, -0.15) is 4.98 Å². The first-order valence-corrected chi connectivity index (χ1v) is 6.73. The summed E-state index contributed by atoms with van der Waals surface area (Å²) >= 11 is 0. The predicted molar refractivity (Wildman–Crippen MR) is 69.6 cm³/mol. The van der Waals surface area contributed by atoms with E-state index < -0.39 is 0 Å². The van der Waals surface area contributed by atoms with Crippen LogP contribution in [0.3, 0.4) is 0 Å². The van der Waals surface area contributed by atoms with Crippen LogP contribution in [-0.2, 0) is 0 Å². The standard InChI is InChI=1S/C13H20N4O/c1-2-18-13-6-15-5-12(16-13)17-7-9-3-4-11(14)10(9)8-17/h5-6,9-11H,2-4,7-8,14H2,1H3. The van der Waals surface area contributed by atoms with Gasteiger partial charge in [-0.3, -0.25) is 4.98 Å². The van der Waals surface area contributed by atoms with Crippen molar-refractivity contribution in [3.05, 3.63) is 12.4 Å². The lowest BCUT2D eigenvalue weighted by molar-refractivity contribution is 0.325. The first kappa shape index (κ1) is 11.7. The number of hydrogen-bond donors (Lipinski definition) is 1. The molecule has 1 aliphatic heterocycles. The van der Waals surface area contributed by atoms with Crippen LogP contribution in [0.5, 0.6) is 5.88 Å². The minimum absolute atomic E-state index is 0.364. The highest BCUT2D eigenvalue weighted by molar-refractivity contribution is 5.40. The Balaban J connectivity index is 1.74. The van der Waals surface area contributed by atoms with Gasteiger partial charge in [-0.25, -0.2) is 0 Å². The van der Waals surface area contributed by atoms with Crippen molar-refractivity contribution in [2.45, 2.75) is 25.8 Å². The number of aromatic nitrogens is 2. The number of hydrogen-bond acceptors (Lipinski definition) is 5. The summed E-state index contributed by atoms with van der Waals surface area (Å²) in [5, 5.41) is 0. The molecule has 2 N–H and O–H groups in total. The molecule has 18 heavy (non-hydrogen) atoms. The summed E-state index contributed by atoms with van der Waals surface area (Å²) in [7, 11) is 0. The first-order chi connectivity index (χ1) is 8.78. The maximum absolute atomic E-state index is 6.15. The van der Waals surface area contributed by atoms with E-state index in [1.165, 1.54) is 12.8 Å². The fourth-order valence-corrected chi connectivity index (χ4v) is 3.20. The van der Waals surface area contributed by atoms with Gasteiger partial charge in [0.2, 0.25) is 5.88 Å². The second-order valence-corrected chi connectivity index (χ2v) is 5.22. The molecule has 1 saturated heterocycles. The first-order valence-electron chi connectivity index (χ1n) is 6.73. The van der Waals surface area contributed by atoms with Crippen LogP contribution in [0.2, 0.25) is 0 Å². The van der Waals surface area contributed by atoms with Gasteiger partial charge in [0.1, 0.15) is 0 Å². The molecule has 5 nitrogen and oxygen atoms in total. The Hall–Kier alpha value is -1.36. The lowest BCUT2D eigenvalue weighted by atomic mass is 9.98. The third kappa shape index (κ3) is 2.03. The van der Waals surface area contributed by atoms with Gasteiger partial charge in [0.15, 0.2) is 5.82 Å². The van der Waals surface area contributed by atoms with Gasteiger partial charge in [0.25, 0.3) is 0 Å². The summed E-state index contributed by atoms with van der Waals surface area (Å²) in [5.41, 5.74) is 6.15. The highest BCUT2D eigenvalue weighted by Gasteiger charge is 2.41. The van der Waals surface area contributed by atoms with Gasteiger partial charge in [-0.1, -0.05) is 0 Å². The van der Waals surface area contributed by atoms with Crippen molar-refractivity contribution in [1.82, 2.24) is 9.97 Å². The van der Waals surface area contributed by atoms with Crippen LogP contribution in [0.15, 0.2) is 12.4 Å². The molecule has 3 atom stereocenters. The molecule has 3 unspecified atom stereocenters. The van der Waals surface area contributed by atoms with Crippen molar-refractivity contribution in [3.63, 3.8) is 0 Å². The average Bonchev–Trinajstić information content (AvgIpc) is 2.93. The number of anilines is 1. The van der Waals surface area contributed by atoms with Crippen molar-refractivity contribution in [3.8, 4) is 5.88 Å². The summed E-state index contributed by atoms with van der Waals surface area (Å²) in [5.74, 6) is 2.89. The molecule has 0 amide bonds. The topological polar surface area (TPSA) is 64.3 Å². The van der Waals surface area contributed by atoms with Gasteiger partial charge in [-0.05, 0) is 31.6 Å². The van der Waals surface area contributed by atoms with E-state index in [0.29, 0.717) is 24.4 Å². The van der Waals surface area contributed by atoms with E-state index in [-0.39, 0.29) is 0 Å². The number of nitrogens with two attached hydrogens (primary N) is 1. The average molecular weight is 248 g/mol. The van der Waals surface area contributed by atoms with Gasteiger partial charge in [0.05, 0.1) is 19.0 Å². The number of nitrogens with zero attached hydrogens (tertiary/aromatic N) is 3. The third-order valence-electron chi connectivity index (χ3n) is 4.13. The molecular weight excluding hydrogens is 228 g/mol. The number of rotatable bonds is 3. The molecule has 1 aliphatic carbocycles. The Morgan fingerprint density at radius 1 is 1.39 bits per heavy atom. The second kappa shape index (κ2) is 4.72. The van der Waals surface area contributed by atoms with E-state index in [1.54, 1.807) is 6.20 Å². The molecule has 1 aromatic rings. The lowest BCUT2D eigenvalue weighted by Gasteiger charge is -2.19. The van der Waals surface area contributed by atoms with Gasteiger partial charge >= 0.3 is 0 Å². The van der Waals surface area contributed by atoms with Crippen LogP contribution in [0.4, 0.5) is 5.82 Å². The third-order valence-corrected chi connectivity index (χ3v) is 4.13. The zero-order chi connectivity index (χ0) is 12.5. The van der Waals surface area contributed by atoms with E-state index in [1.807, 2.05) is 13.1 Å². The van der Waals surface area contributed by atoms with E-state index in [4.69, 9.17) is 10.5 Å². The molecular formula is C13H20N4O. The van der Waals surface area contributed by atoms with E-state index >= 15 is 0 Å². The van der Waals surface area contributed by atoms with Crippen molar-refractivity contribution in [2.24, 2.45) is 17.6 Å². The molecule has 0 spiro atoms. The monoisotopic (exact) mass is 248 g/mol. The molecule has 98 valence electrons. The van der Waals surface area contributed by atoms with Crippen LogP contribution < -0.4 is 15.4 Å². The minimum Gasteiger partial charge on any atom is -0.477 e. The minimum atomic E-state index is 0.364. The zero-order valence-corrected chi connectivity index (χ0v) is 10.7. The molecule has 2 heterocycles. The normalized spacial score (nSPS) is 30.6. The zero-order valence-electron chi connectivity index (χ0n) is 10.7. The summed E-state index contributed by atoms with van der Waals surface area (Å²) in [6, 6.07) is 0.364. The number of fused-ring (bicyclic) bond motifs is 1. The van der Waals surface area contributed by atoms with Crippen LogP contribution >= 0.6 is 0 Å². The second-order valence-electron chi connectivity index (χ2n) is 5.22. The van der Waals surface area contributed by atoms with Gasteiger partial charge < -0.3 is 15.4 Å². The number of ether oxygens (including phenoxy) is 1. The summed E-state index contributed by atoms with van der Waals surface area (Å²) in [6.45, 7) is 4.64. The summed E-state index contributed by atoms with van der Waals surface area (Å²) < 4.78 is 5.40. The van der Waals surface area contributed by atoms with Crippen molar-refractivity contribution < 1.29 is 4.74 Å². The van der Waals surface area contributed by atoms with Crippen LogP contribution in [0, 0.1) is 11.8 Å². The highest BCUT2D eigenvalue weighted by atomic mass is 16.5. The molecule has 0 bridgehead atoms. The van der Waals surface area contributed by atoms with Crippen molar-refractivity contribution in [1.29, 1.82) is 0 Å². The Morgan fingerprint density at radius 3 is 3.06 bits per heavy atom. The summed E-state index contributed by atoms with van der Waals surface area (Å²) in [4.78, 5) is 11.0. The maximum Gasteiger partial charge on any atom is 0.234 e. The van der Waals surface area contributed by atoms with E-state index in [9.17, 15) is 0 Å². The highest BCUT2D eigenvalue weighted by Crippen LogP contribution is 2.38. The smallest absolute Gasteiger partial charge is 0.234 e. The predicted octanol–water partition coefficient (Wildman–Crippen LogP) is 1.05.